The van der Waals surface area contributed by atoms with Crippen molar-refractivity contribution in [3.05, 3.63) is 81.1 Å². The Hall–Kier alpha value is -3.32. The van der Waals surface area contributed by atoms with Gasteiger partial charge in [0.25, 0.3) is 5.56 Å². The molecule has 0 aliphatic carbocycles. The summed E-state index contributed by atoms with van der Waals surface area (Å²) >= 11 is 5.93. The number of aromatic amines is 1. The Morgan fingerprint density at radius 3 is 2.48 bits per heavy atom. The zero-order valence-electron chi connectivity index (χ0n) is 16.0. The van der Waals surface area contributed by atoms with Crippen LogP contribution in [0.3, 0.4) is 0 Å². The minimum atomic E-state index is -0.318. The maximum absolute atomic E-state index is 12.6. The van der Waals surface area contributed by atoms with Gasteiger partial charge in [0, 0.05) is 13.0 Å². The highest BCUT2D eigenvalue weighted by atomic mass is 35.5. The molecule has 4 rings (SSSR count). The van der Waals surface area contributed by atoms with E-state index < -0.39 is 0 Å². The first-order valence-electron chi connectivity index (χ1n) is 8.99. The standard InChI is InChI=1S/C21H19ClN4O3/c1-28-15-9-8-14(10-16(15)29-2)11-17-23-19-18(20(27)25-21(22)24-19)26(17)12-13-6-4-3-5-7-13/h3-10H,11-12H2,1-2H3,(H,24,25,27). The zero-order valence-corrected chi connectivity index (χ0v) is 16.7. The predicted molar refractivity (Wildman–Crippen MR) is 111 cm³/mol. The van der Waals surface area contributed by atoms with Gasteiger partial charge in [0.2, 0.25) is 5.28 Å². The van der Waals surface area contributed by atoms with Crippen molar-refractivity contribution in [1.29, 1.82) is 0 Å². The molecule has 0 unspecified atom stereocenters. The second kappa shape index (κ2) is 7.97. The monoisotopic (exact) mass is 410 g/mol. The molecule has 0 atom stereocenters. The van der Waals surface area contributed by atoms with Crippen molar-refractivity contribution in [2.75, 3.05) is 14.2 Å². The molecule has 1 N–H and O–H groups in total. The van der Waals surface area contributed by atoms with E-state index in [1.54, 1.807) is 14.2 Å². The predicted octanol–water partition coefficient (Wildman–Crippen LogP) is 3.43. The fraction of sp³-hybridized carbons (Fsp3) is 0.190. The normalized spacial score (nSPS) is 11.0. The van der Waals surface area contributed by atoms with Crippen molar-refractivity contribution in [2.24, 2.45) is 0 Å². The van der Waals surface area contributed by atoms with E-state index in [-0.39, 0.29) is 10.8 Å². The number of methoxy groups -OCH3 is 2. The third kappa shape index (κ3) is 3.82. The Labute approximate surface area is 171 Å². The molecule has 0 saturated heterocycles. The molecule has 0 spiro atoms. The molecule has 7 nitrogen and oxygen atoms in total. The van der Waals surface area contributed by atoms with Gasteiger partial charge in [0.05, 0.1) is 14.2 Å². The van der Waals surface area contributed by atoms with Crippen LogP contribution >= 0.6 is 11.6 Å². The summed E-state index contributed by atoms with van der Waals surface area (Å²) in [5.41, 5.74) is 2.42. The molecule has 0 aliphatic rings. The van der Waals surface area contributed by atoms with E-state index in [4.69, 9.17) is 21.1 Å². The highest BCUT2D eigenvalue weighted by Gasteiger charge is 2.17. The van der Waals surface area contributed by atoms with Crippen LogP contribution in [-0.4, -0.2) is 33.7 Å². The van der Waals surface area contributed by atoms with E-state index in [0.717, 1.165) is 11.1 Å². The number of aromatic nitrogens is 4. The van der Waals surface area contributed by atoms with Gasteiger partial charge in [0.1, 0.15) is 5.82 Å². The van der Waals surface area contributed by atoms with Crippen molar-refractivity contribution in [3.63, 3.8) is 0 Å². The first kappa shape index (κ1) is 19.0. The molecule has 0 bridgehead atoms. The van der Waals surface area contributed by atoms with E-state index in [1.165, 1.54) is 0 Å². The Balaban J connectivity index is 1.82. The van der Waals surface area contributed by atoms with E-state index in [2.05, 4.69) is 15.0 Å². The highest BCUT2D eigenvalue weighted by molar-refractivity contribution is 6.28. The first-order valence-corrected chi connectivity index (χ1v) is 9.36. The fourth-order valence-corrected chi connectivity index (χ4v) is 3.47. The molecule has 29 heavy (non-hydrogen) atoms. The molecule has 2 aromatic heterocycles. The molecule has 2 heterocycles. The number of nitrogens with zero attached hydrogens (tertiary/aromatic N) is 3. The summed E-state index contributed by atoms with van der Waals surface area (Å²) in [6.07, 6.45) is 0.487. The van der Waals surface area contributed by atoms with Crippen molar-refractivity contribution in [3.8, 4) is 11.5 Å². The Morgan fingerprint density at radius 2 is 1.76 bits per heavy atom. The van der Waals surface area contributed by atoms with Gasteiger partial charge >= 0.3 is 0 Å². The molecular formula is C21H19ClN4O3. The molecular weight excluding hydrogens is 392 g/mol. The lowest BCUT2D eigenvalue weighted by atomic mass is 10.1. The van der Waals surface area contributed by atoms with Crippen LogP contribution in [0, 0.1) is 0 Å². The summed E-state index contributed by atoms with van der Waals surface area (Å²) < 4.78 is 12.6. The van der Waals surface area contributed by atoms with Gasteiger partial charge in [-0.3, -0.25) is 9.78 Å². The van der Waals surface area contributed by atoms with E-state index in [0.29, 0.717) is 41.5 Å². The van der Waals surface area contributed by atoms with E-state index in [9.17, 15) is 4.79 Å². The fourth-order valence-electron chi connectivity index (χ4n) is 3.31. The lowest BCUT2D eigenvalue weighted by Gasteiger charge is -2.11. The van der Waals surface area contributed by atoms with Crippen molar-refractivity contribution < 1.29 is 9.47 Å². The summed E-state index contributed by atoms with van der Waals surface area (Å²) in [6, 6.07) is 15.6. The van der Waals surface area contributed by atoms with Crippen molar-refractivity contribution in [1.82, 2.24) is 19.5 Å². The largest absolute Gasteiger partial charge is 0.493 e. The second-order valence-corrected chi connectivity index (χ2v) is 6.85. The molecule has 2 aromatic carbocycles. The molecule has 8 heteroatoms. The van der Waals surface area contributed by atoms with Crippen LogP contribution in [0.5, 0.6) is 11.5 Å². The van der Waals surface area contributed by atoms with Crippen LogP contribution in [0.4, 0.5) is 0 Å². The average molecular weight is 411 g/mol. The molecule has 0 amide bonds. The number of rotatable bonds is 6. The lowest BCUT2D eigenvalue weighted by Crippen LogP contribution is -2.14. The van der Waals surface area contributed by atoms with Gasteiger partial charge in [-0.15, -0.1) is 0 Å². The molecule has 0 fully saturated rings. The molecule has 0 radical (unpaired) electrons. The molecule has 4 aromatic rings. The SMILES string of the molecule is COc1ccc(Cc2nc3nc(Cl)[nH]c(=O)c3n2Cc2ccccc2)cc1OC. The van der Waals surface area contributed by atoms with Gasteiger partial charge in [-0.25, -0.2) is 4.98 Å². The molecule has 0 saturated carbocycles. The van der Waals surface area contributed by atoms with Crippen LogP contribution in [0.15, 0.2) is 53.3 Å². The quantitative estimate of drug-likeness (QED) is 0.492. The molecule has 0 aliphatic heterocycles. The van der Waals surface area contributed by atoms with Crippen LogP contribution in [0.25, 0.3) is 11.2 Å². The number of H-pyrrole nitrogens is 1. The number of ether oxygens (including phenoxy) is 2. The van der Waals surface area contributed by atoms with Crippen LogP contribution < -0.4 is 15.0 Å². The van der Waals surface area contributed by atoms with Gasteiger partial charge < -0.3 is 14.0 Å². The third-order valence-corrected chi connectivity index (χ3v) is 4.84. The summed E-state index contributed by atoms with van der Waals surface area (Å²) in [4.78, 5) is 23.9. The number of benzene rings is 2. The minimum absolute atomic E-state index is 0.0181. The Kier molecular flexibility index (Phi) is 5.22. The summed E-state index contributed by atoms with van der Waals surface area (Å²) in [6.45, 7) is 0.492. The Bertz CT molecular complexity index is 1220. The maximum atomic E-state index is 12.6. The topological polar surface area (TPSA) is 82.0 Å². The summed E-state index contributed by atoms with van der Waals surface area (Å²) in [7, 11) is 3.19. The van der Waals surface area contributed by atoms with Crippen molar-refractivity contribution >= 4 is 22.8 Å². The van der Waals surface area contributed by atoms with Crippen molar-refractivity contribution in [2.45, 2.75) is 13.0 Å². The average Bonchev–Trinajstić information content (AvgIpc) is 3.05. The smallest absolute Gasteiger partial charge is 0.278 e. The van der Waals surface area contributed by atoms with Crippen LogP contribution in [0.2, 0.25) is 5.28 Å². The van der Waals surface area contributed by atoms with Crippen LogP contribution in [0.1, 0.15) is 17.0 Å². The Morgan fingerprint density at radius 1 is 1.00 bits per heavy atom. The van der Waals surface area contributed by atoms with Gasteiger partial charge in [0.15, 0.2) is 22.7 Å². The maximum Gasteiger partial charge on any atom is 0.278 e. The van der Waals surface area contributed by atoms with Gasteiger partial charge in [-0.05, 0) is 34.9 Å². The number of hydrogen-bond acceptors (Lipinski definition) is 5. The van der Waals surface area contributed by atoms with E-state index in [1.807, 2.05) is 53.1 Å². The number of fused-ring (bicyclic) bond motifs is 1. The number of hydrogen-bond donors (Lipinski definition) is 1. The van der Waals surface area contributed by atoms with Crippen LogP contribution in [-0.2, 0) is 13.0 Å². The molecule has 148 valence electrons. The van der Waals surface area contributed by atoms with E-state index >= 15 is 0 Å². The highest BCUT2D eigenvalue weighted by Crippen LogP contribution is 2.29. The zero-order chi connectivity index (χ0) is 20.4. The third-order valence-electron chi connectivity index (χ3n) is 4.66. The lowest BCUT2D eigenvalue weighted by molar-refractivity contribution is 0.354. The number of halogens is 1. The summed E-state index contributed by atoms with van der Waals surface area (Å²) in [5.74, 6) is 1.99. The van der Waals surface area contributed by atoms with Gasteiger partial charge in [-0.2, -0.15) is 4.98 Å². The first-order chi connectivity index (χ1) is 14.1. The second-order valence-electron chi connectivity index (χ2n) is 6.49. The van der Waals surface area contributed by atoms with Gasteiger partial charge in [-0.1, -0.05) is 36.4 Å². The summed E-state index contributed by atoms with van der Waals surface area (Å²) in [5, 5.41) is 0.0181. The number of imidazole rings is 1. The number of nitrogens with one attached hydrogen (secondary N) is 1. The minimum Gasteiger partial charge on any atom is -0.493 e.